The molecule has 0 aliphatic rings. The Labute approximate surface area is 175 Å². The highest BCUT2D eigenvalue weighted by Crippen LogP contribution is 2.19. The van der Waals surface area contributed by atoms with Gasteiger partial charge in [0, 0.05) is 24.9 Å². The minimum atomic E-state index is -0.560. The van der Waals surface area contributed by atoms with Crippen molar-refractivity contribution in [1.29, 1.82) is 0 Å². The van der Waals surface area contributed by atoms with Crippen LogP contribution in [-0.4, -0.2) is 28.3 Å². The molecule has 0 aliphatic heterocycles. The monoisotopic (exact) mass is 394 g/mol. The molecule has 2 rings (SSSR count). The van der Waals surface area contributed by atoms with Crippen LogP contribution in [0.4, 0.5) is 0 Å². The van der Waals surface area contributed by atoms with E-state index in [9.17, 15) is 9.59 Å². The number of hydrogen-bond donors (Lipinski definition) is 1. The number of benzene rings is 2. The number of nitrogens with one attached hydrogen (secondary N) is 1. The predicted octanol–water partition coefficient (Wildman–Crippen LogP) is 4.65. The number of aryl methyl sites for hydroxylation is 1. The first-order valence-electron chi connectivity index (χ1n) is 10.4. The summed E-state index contributed by atoms with van der Waals surface area (Å²) in [5, 5.41) is 3.08. The van der Waals surface area contributed by atoms with Crippen molar-refractivity contribution in [2.75, 3.05) is 0 Å². The maximum atomic E-state index is 13.3. The van der Waals surface area contributed by atoms with Crippen molar-refractivity contribution in [2.45, 2.75) is 72.0 Å². The number of carbonyl (C=O) groups is 2. The van der Waals surface area contributed by atoms with Crippen LogP contribution in [0.2, 0.25) is 0 Å². The first kappa shape index (κ1) is 22.7. The van der Waals surface area contributed by atoms with Crippen LogP contribution in [0.25, 0.3) is 0 Å². The largest absolute Gasteiger partial charge is 0.350 e. The fourth-order valence-corrected chi connectivity index (χ4v) is 3.34. The maximum absolute atomic E-state index is 13.3. The van der Waals surface area contributed by atoms with Gasteiger partial charge in [0.05, 0.1) is 0 Å². The van der Waals surface area contributed by atoms with Crippen molar-refractivity contribution in [1.82, 2.24) is 10.2 Å². The van der Waals surface area contributed by atoms with Crippen LogP contribution in [0.1, 0.15) is 57.2 Å². The Balaban J connectivity index is 2.41. The molecular weight excluding hydrogens is 360 g/mol. The molecule has 0 spiro atoms. The van der Waals surface area contributed by atoms with Crippen LogP contribution >= 0.6 is 0 Å². The van der Waals surface area contributed by atoms with Gasteiger partial charge in [-0.3, -0.25) is 9.59 Å². The lowest BCUT2D eigenvalue weighted by Gasteiger charge is -2.34. The van der Waals surface area contributed by atoms with Crippen LogP contribution in [-0.2, 0) is 22.6 Å². The molecule has 29 heavy (non-hydrogen) atoms. The Morgan fingerprint density at radius 3 is 2.21 bits per heavy atom. The smallest absolute Gasteiger partial charge is 0.243 e. The summed E-state index contributed by atoms with van der Waals surface area (Å²) >= 11 is 0. The standard InChI is InChI=1S/C25H34N2O2/c1-6-12-23(28)27(18-21-16-11-10-13-19(21)2)22(24(29)26-25(3,4)5)17-20-14-8-7-9-15-20/h7-11,13-16,22H,6,12,17-18H2,1-5H3,(H,26,29). The van der Waals surface area contributed by atoms with Crippen molar-refractivity contribution < 1.29 is 9.59 Å². The molecule has 0 heterocycles. The molecule has 4 heteroatoms. The van der Waals surface area contributed by atoms with Crippen molar-refractivity contribution >= 4 is 11.8 Å². The lowest BCUT2D eigenvalue weighted by molar-refractivity contribution is -0.142. The summed E-state index contributed by atoms with van der Waals surface area (Å²) in [5.41, 5.74) is 2.87. The first-order valence-corrected chi connectivity index (χ1v) is 10.4. The molecule has 2 aromatic rings. The number of carbonyl (C=O) groups excluding carboxylic acids is 2. The molecule has 0 aromatic heterocycles. The van der Waals surface area contributed by atoms with Crippen molar-refractivity contribution in [2.24, 2.45) is 0 Å². The second kappa shape index (κ2) is 10.2. The van der Waals surface area contributed by atoms with Gasteiger partial charge in [-0.25, -0.2) is 0 Å². The van der Waals surface area contributed by atoms with Crippen molar-refractivity contribution in [3.8, 4) is 0 Å². The third kappa shape index (κ3) is 7.04. The van der Waals surface area contributed by atoms with E-state index in [1.54, 1.807) is 4.90 Å². The maximum Gasteiger partial charge on any atom is 0.243 e. The number of hydrogen-bond acceptors (Lipinski definition) is 2. The molecule has 1 N–H and O–H groups in total. The van der Waals surface area contributed by atoms with E-state index in [4.69, 9.17) is 0 Å². The molecule has 0 fully saturated rings. The molecular formula is C25H34N2O2. The van der Waals surface area contributed by atoms with Crippen LogP contribution in [0.15, 0.2) is 54.6 Å². The minimum Gasteiger partial charge on any atom is -0.350 e. The highest BCUT2D eigenvalue weighted by molar-refractivity contribution is 5.88. The second-order valence-corrected chi connectivity index (χ2v) is 8.64. The lowest BCUT2D eigenvalue weighted by atomic mass is 9.99. The van der Waals surface area contributed by atoms with E-state index in [2.05, 4.69) is 5.32 Å². The van der Waals surface area contributed by atoms with Crippen molar-refractivity contribution in [3.05, 3.63) is 71.3 Å². The molecule has 1 atom stereocenters. The van der Waals surface area contributed by atoms with E-state index in [0.717, 1.165) is 23.1 Å². The van der Waals surface area contributed by atoms with Crippen LogP contribution in [0, 0.1) is 6.92 Å². The Morgan fingerprint density at radius 1 is 1.00 bits per heavy atom. The van der Waals surface area contributed by atoms with Crippen LogP contribution < -0.4 is 5.32 Å². The summed E-state index contributed by atoms with van der Waals surface area (Å²) < 4.78 is 0. The summed E-state index contributed by atoms with van der Waals surface area (Å²) in [6.45, 7) is 10.4. The van der Waals surface area contributed by atoms with E-state index < -0.39 is 6.04 Å². The second-order valence-electron chi connectivity index (χ2n) is 8.64. The molecule has 0 bridgehead atoms. The molecule has 0 radical (unpaired) electrons. The van der Waals surface area contributed by atoms with Gasteiger partial charge in [0.1, 0.15) is 6.04 Å². The van der Waals surface area contributed by atoms with Gasteiger partial charge in [-0.2, -0.15) is 0 Å². The predicted molar refractivity (Wildman–Crippen MR) is 118 cm³/mol. The molecule has 156 valence electrons. The molecule has 0 aliphatic carbocycles. The Bertz CT molecular complexity index is 809. The average Bonchev–Trinajstić information content (AvgIpc) is 2.65. The molecule has 2 aromatic carbocycles. The van der Waals surface area contributed by atoms with E-state index in [-0.39, 0.29) is 17.4 Å². The van der Waals surface area contributed by atoms with Gasteiger partial charge in [-0.1, -0.05) is 61.5 Å². The number of rotatable bonds is 8. The van der Waals surface area contributed by atoms with Crippen molar-refractivity contribution in [3.63, 3.8) is 0 Å². The molecule has 4 nitrogen and oxygen atoms in total. The number of nitrogens with zero attached hydrogens (tertiary/aromatic N) is 1. The fourth-order valence-electron chi connectivity index (χ4n) is 3.34. The van der Waals surface area contributed by atoms with Gasteiger partial charge in [0.15, 0.2) is 0 Å². The molecule has 2 amide bonds. The van der Waals surface area contributed by atoms with Gasteiger partial charge < -0.3 is 10.2 Å². The summed E-state index contributed by atoms with van der Waals surface area (Å²) in [4.78, 5) is 28.2. The zero-order valence-electron chi connectivity index (χ0n) is 18.4. The van der Waals surface area contributed by atoms with E-state index >= 15 is 0 Å². The lowest BCUT2D eigenvalue weighted by Crippen LogP contribution is -2.54. The SMILES string of the molecule is CCCC(=O)N(Cc1ccccc1C)C(Cc1ccccc1)C(=O)NC(C)(C)C. The topological polar surface area (TPSA) is 49.4 Å². The number of amides is 2. The highest BCUT2D eigenvalue weighted by atomic mass is 16.2. The summed E-state index contributed by atoms with van der Waals surface area (Å²) in [6.07, 6.45) is 1.67. The van der Waals surface area contributed by atoms with Gasteiger partial charge in [-0.05, 0) is 50.8 Å². The van der Waals surface area contributed by atoms with E-state index in [1.165, 1.54) is 0 Å². The molecule has 0 saturated heterocycles. The third-order valence-electron chi connectivity index (χ3n) is 4.84. The average molecular weight is 395 g/mol. The Morgan fingerprint density at radius 2 is 1.62 bits per heavy atom. The Kier molecular flexibility index (Phi) is 8.00. The first-order chi connectivity index (χ1) is 13.7. The third-order valence-corrected chi connectivity index (χ3v) is 4.84. The molecule has 1 unspecified atom stereocenters. The molecule has 0 saturated carbocycles. The van der Waals surface area contributed by atoms with Crippen LogP contribution in [0.3, 0.4) is 0 Å². The van der Waals surface area contributed by atoms with Crippen LogP contribution in [0.5, 0.6) is 0 Å². The zero-order chi connectivity index (χ0) is 21.4. The fraction of sp³-hybridized carbons (Fsp3) is 0.440. The van der Waals surface area contributed by atoms with E-state index in [0.29, 0.717) is 19.4 Å². The Hall–Kier alpha value is -2.62. The summed E-state index contributed by atoms with van der Waals surface area (Å²) in [5.74, 6) is -0.0971. The zero-order valence-corrected chi connectivity index (χ0v) is 18.4. The van der Waals surface area contributed by atoms with Gasteiger partial charge in [-0.15, -0.1) is 0 Å². The van der Waals surface area contributed by atoms with Gasteiger partial charge in [0.25, 0.3) is 0 Å². The summed E-state index contributed by atoms with van der Waals surface area (Å²) in [7, 11) is 0. The minimum absolute atomic E-state index is 0.0146. The summed E-state index contributed by atoms with van der Waals surface area (Å²) in [6, 6.07) is 17.4. The van der Waals surface area contributed by atoms with Gasteiger partial charge in [0.2, 0.25) is 11.8 Å². The van der Waals surface area contributed by atoms with E-state index in [1.807, 2.05) is 89.2 Å². The normalized spacial score (nSPS) is 12.3. The highest BCUT2D eigenvalue weighted by Gasteiger charge is 2.31. The van der Waals surface area contributed by atoms with Gasteiger partial charge >= 0.3 is 0 Å². The quantitative estimate of drug-likeness (QED) is 0.708.